The normalized spacial score (nSPS) is 15.0. The van der Waals surface area contributed by atoms with Crippen molar-refractivity contribution >= 4 is 23.2 Å². The van der Waals surface area contributed by atoms with Crippen LogP contribution in [0.3, 0.4) is 0 Å². The number of hydrogen-bond acceptors (Lipinski definition) is 4. The van der Waals surface area contributed by atoms with E-state index in [2.05, 4.69) is 5.32 Å². The maximum atomic E-state index is 12.0. The van der Waals surface area contributed by atoms with Gasteiger partial charge >= 0.3 is 0 Å². The van der Waals surface area contributed by atoms with E-state index in [-0.39, 0.29) is 18.1 Å². The van der Waals surface area contributed by atoms with Crippen molar-refractivity contribution in [2.24, 2.45) is 0 Å². The van der Waals surface area contributed by atoms with Crippen LogP contribution in [-0.2, 0) is 11.3 Å². The lowest BCUT2D eigenvalue weighted by Crippen LogP contribution is -2.40. The van der Waals surface area contributed by atoms with E-state index >= 15 is 0 Å². The Hall–Kier alpha value is -1.66. The van der Waals surface area contributed by atoms with Crippen LogP contribution in [0.4, 0.5) is 5.69 Å². The Labute approximate surface area is 128 Å². The highest BCUT2D eigenvalue weighted by Gasteiger charge is 2.16. The number of hydrogen-bond donors (Lipinski definition) is 1. The van der Waals surface area contributed by atoms with Crippen LogP contribution < -0.4 is 5.32 Å². The number of nitrogens with one attached hydrogen (secondary N) is 1. The first-order chi connectivity index (χ1) is 10.1. The molecule has 0 aromatic heterocycles. The third kappa shape index (κ3) is 4.41. The van der Waals surface area contributed by atoms with Gasteiger partial charge in [-0.15, -0.1) is 0 Å². The van der Waals surface area contributed by atoms with E-state index in [0.29, 0.717) is 11.6 Å². The molecule has 1 aliphatic rings. The van der Waals surface area contributed by atoms with Gasteiger partial charge in [-0.25, -0.2) is 0 Å². The second-order valence-electron chi connectivity index (χ2n) is 5.08. The van der Waals surface area contributed by atoms with Gasteiger partial charge < -0.3 is 10.2 Å². The van der Waals surface area contributed by atoms with Crippen LogP contribution in [-0.4, -0.2) is 35.4 Å². The number of nitrogens with zero attached hydrogens (tertiary/aromatic N) is 2. The molecule has 6 nitrogen and oxygen atoms in total. The van der Waals surface area contributed by atoms with E-state index in [0.717, 1.165) is 31.5 Å². The van der Waals surface area contributed by atoms with Gasteiger partial charge in [0.25, 0.3) is 5.69 Å². The molecule has 0 saturated carbocycles. The molecular weight excluding hydrogens is 294 g/mol. The van der Waals surface area contributed by atoms with Gasteiger partial charge in [0.2, 0.25) is 5.91 Å². The predicted octanol–water partition coefficient (Wildman–Crippen LogP) is 2.35. The van der Waals surface area contributed by atoms with E-state index < -0.39 is 4.92 Å². The van der Waals surface area contributed by atoms with Gasteiger partial charge in [0.15, 0.2) is 0 Å². The van der Waals surface area contributed by atoms with Gasteiger partial charge in [-0.3, -0.25) is 14.9 Å². The topological polar surface area (TPSA) is 75.5 Å². The zero-order chi connectivity index (χ0) is 15.2. The number of piperidine rings is 1. The van der Waals surface area contributed by atoms with Gasteiger partial charge in [0, 0.05) is 31.8 Å². The molecule has 1 amide bonds. The second kappa shape index (κ2) is 7.38. The van der Waals surface area contributed by atoms with Crippen LogP contribution in [0.25, 0.3) is 0 Å². The Kier molecular flexibility index (Phi) is 5.52. The van der Waals surface area contributed by atoms with E-state index in [1.54, 1.807) is 6.07 Å². The maximum absolute atomic E-state index is 12.0. The molecule has 1 aromatic rings. The maximum Gasteiger partial charge on any atom is 0.270 e. The Bertz CT molecular complexity index is 530. The molecule has 114 valence electrons. The fourth-order valence-corrected chi connectivity index (χ4v) is 2.59. The number of carbonyl (C=O) groups excluding carboxylic acids is 1. The number of non-ortho nitro benzene ring substituents is 1. The average Bonchev–Trinajstić information content (AvgIpc) is 2.49. The molecule has 1 aliphatic heterocycles. The number of nitro benzene ring substituents is 1. The fraction of sp³-hybridized carbons (Fsp3) is 0.500. The van der Waals surface area contributed by atoms with Crippen LogP contribution in [0.2, 0.25) is 5.02 Å². The molecule has 0 atom stereocenters. The van der Waals surface area contributed by atoms with Gasteiger partial charge in [-0.2, -0.15) is 0 Å². The first-order valence-electron chi connectivity index (χ1n) is 6.99. The number of rotatable bonds is 5. The molecule has 0 unspecified atom stereocenters. The lowest BCUT2D eigenvalue weighted by atomic mass is 10.1. The third-order valence-electron chi connectivity index (χ3n) is 3.55. The summed E-state index contributed by atoms with van der Waals surface area (Å²) in [5, 5.41) is 14.0. The highest BCUT2D eigenvalue weighted by molar-refractivity contribution is 6.31. The number of carbonyl (C=O) groups is 1. The first kappa shape index (κ1) is 15.7. The van der Waals surface area contributed by atoms with Crippen molar-refractivity contribution in [3.05, 3.63) is 38.9 Å². The van der Waals surface area contributed by atoms with Gasteiger partial charge in [0.1, 0.15) is 0 Å². The number of nitro groups is 1. The van der Waals surface area contributed by atoms with E-state index in [9.17, 15) is 14.9 Å². The van der Waals surface area contributed by atoms with Crippen LogP contribution >= 0.6 is 11.6 Å². The van der Waals surface area contributed by atoms with Crippen LogP contribution in [0.15, 0.2) is 18.2 Å². The predicted molar refractivity (Wildman–Crippen MR) is 80.2 cm³/mol. The molecule has 21 heavy (non-hydrogen) atoms. The Morgan fingerprint density at radius 1 is 1.33 bits per heavy atom. The first-order valence-corrected chi connectivity index (χ1v) is 7.37. The van der Waals surface area contributed by atoms with Gasteiger partial charge in [-0.05, 0) is 30.9 Å². The van der Waals surface area contributed by atoms with Crippen LogP contribution in [0, 0.1) is 10.1 Å². The standard InChI is InChI=1S/C14H18ClN3O3/c15-13-8-12(18(20)21)5-4-11(13)9-16-10-14(19)17-6-2-1-3-7-17/h4-5,8,16H,1-3,6-7,9-10H2. The fourth-order valence-electron chi connectivity index (χ4n) is 2.35. The highest BCUT2D eigenvalue weighted by Crippen LogP contribution is 2.22. The summed E-state index contributed by atoms with van der Waals surface area (Å²) < 4.78 is 0. The summed E-state index contributed by atoms with van der Waals surface area (Å²) in [5.41, 5.74) is 0.710. The van der Waals surface area contributed by atoms with Crippen LogP contribution in [0.1, 0.15) is 24.8 Å². The lowest BCUT2D eigenvalue weighted by Gasteiger charge is -2.26. The zero-order valence-corrected chi connectivity index (χ0v) is 12.4. The lowest BCUT2D eigenvalue weighted by molar-refractivity contribution is -0.384. The smallest absolute Gasteiger partial charge is 0.270 e. The Morgan fingerprint density at radius 2 is 2.05 bits per heavy atom. The van der Waals surface area contributed by atoms with E-state index in [1.807, 2.05) is 4.90 Å². The Balaban J connectivity index is 1.83. The summed E-state index contributed by atoms with van der Waals surface area (Å²) >= 11 is 6.00. The summed E-state index contributed by atoms with van der Waals surface area (Å²) in [6.45, 7) is 2.33. The Morgan fingerprint density at radius 3 is 2.67 bits per heavy atom. The van der Waals surface area contributed by atoms with Gasteiger partial charge in [0.05, 0.1) is 16.5 Å². The van der Waals surface area contributed by atoms with Crippen molar-refractivity contribution in [1.82, 2.24) is 10.2 Å². The largest absolute Gasteiger partial charge is 0.342 e. The molecule has 1 heterocycles. The summed E-state index contributed by atoms with van der Waals surface area (Å²) in [6, 6.07) is 4.35. The molecule has 1 aromatic carbocycles. The third-order valence-corrected chi connectivity index (χ3v) is 3.90. The molecule has 1 saturated heterocycles. The molecule has 1 fully saturated rings. The molecule has 0 aliphatic carbocycles. The summed E-state index contributed by atoms with van der Waals surface area (Å²) in [6.07, 6.45) is 3.33. The molecular formula is C14H18ClN3O3. The summed E-state index contributed by atoms with van der Waals surface area (Å²) in [7, 11) is 0. The molecule has 1 N–H and O–H groups in total. The quantitative estimate of drug-likeness (QED) is 0.669. The van der Waals surface area contributed by atoms with Crippen molar-refractivity contribution in [1.29, 1.82) is 0 Å². The minimum Gasteiger partial charge on any atom is -0.342 e. The summed E-state index contributed by atoms with van der Waals surface area (Å²) in [4.78, 5) is 24.0. The minimum absolute atomic E-state index is 0.0341. The second-order valence-corrected chi connectivity index (χ2v) is 5.49. The van der Waals surface area contributed by atoms with Crippen molar-refractivity contribution < 1.29 is 9.72 Å². The number of likely N-dealkylation sites (tertiary alicyclic amines) is 1. The monoisotopic (exact) mass is 311 g/mol. The molecule has 2 rings (SSSR count). The molecule has 0 radical (unpaired) electrons. The minimum atomic E-state index is -0.483. The van der Waals surface area contributed by atoms with Crippen molar-refractivity contribution in [2.45, 2.75) is 25.8 Å². The number of halogens is 1. The number of amides is 1. The van der Waals surface area contributed by atoms with E-state index in [1.165, 1.54) is 18.6 Å². The van der Waals surface area contributed by atoms with Crippen molar-refractivity contribution in [3.63, 3.8) is 0 Å². The SMILES string of the molecule is O=C(CNCc1ccc([N+](=O)[O-])cc1Cl)N1CCCCC1. The highest BCUT2D eigenvalue weighted by atomic mass is 35.5. The zero-order valence-electron chi connectivity index (χ0n) is 11.7. The van der Waals surface area contributed by atoms with Crippen molar-refractivity contribution in [2.75, 3.05) is 19.6 Å². The van der Waals surface area contributed by atoms with E-state index in [4.69, 9.17) is 11.6 Å². The number of benzene rings is 1. The van der Waals surface area contributed by atoms with Crippen molar-refractivity contribution in [3.8, 4) is 0 Å². The average molecular weight is 312 g/mol. The molecule has 0 spiro atoms. The van der Waals surface area contributed by atoms with Gasteiger partial charge in [-0.1, -0.05) is 11.6 Å². The molecule has 7 heteroatoms. The molecule has 0 bridgehead atoms. The summed E-state index contributed by atoms with van der Waals surface area (Å²) in [5.74, 6) is 0.0905. The van der Waals surface area contributed by atoms with Crippen LogP contribution in [0.5, 0.6) is 0 Å².